The van der Waals surface area contributed by atoms with E-state index in [0.717, 1.165) is 16.3 Å². The highest BCUT2D eigenvalue weighted by Crippen LogP contribution is 2.29. The van der Waals surface area contributed by atoms with E-state index in [1.54, 1.807) is 39.0 Å². The molecule has 3 aromatic rings. The normalized spacial score (nSPS) is 13.4. The van der Waals surface area contributed by atoms with E-state index in [1.807, 2.05) is 75.4 Å². The number of amides is 3. The quantitative estimate of drug-likeness (QED) is 0.317. The Kier molecular flexibility index (Phi) is 9.89. The number of benzene rings is 3. The fourth-order valence-electron chi connectivity index (χ4n) is 4.49. The van der Waals surface area contributed by atoms with Gasteiger partial charge >= 0.3 is 6.09 Å². The first kappa shape index (κ1) is 30.2. The minimum Gasteiger partial charge on any atom is -0.444 e. The molecule has 0 heterocycles. The fraction of sp³-hybridized carbons (Fsp3) is 0.375. The summed E-state index contributed by atoms with van der Waals surface area (Å²) in [5.74, 6) is -1.29. The monoisotopic (exact) mass is 542 g/mol. The van der Waals surface area contributed by atoms with Crippen LogP contribution in [0.2, 0.25) is 0 Å². The van der Waals surface area contributed by atoms with Crippen molar-refractivity contribution < 1.29 is 19.1 Å². The van der Waals surface area contributed by atoms with Gasteiger partial charge in [-0.2, -0.15) is 5.26 Å². The van der Waals surface area contributed by atoms with Crippen LogP contribution in [0.5, 0.6) is 0 Å². The van der Waals surface area contributed by atoms with Crippen molar-refractivity contribution in [2.24, 2.45) is 5.92 Å². The molecule has 40 heavy (non-hydrogen) atoms. The lowest BCUT2D eigenvalue weighted by Gasteiger charge is -2.35. The van der Waals surface area contributed by atoms with Gasteiger partial charge in [-0.1, -0.05) is 74.9 Å². The third-order valence-electron chi connectivity index (χ3n) is 6.74. The summed E-state index contributed by atoms with van der Waals surface area (Å²) in [6.07, 6.45) is -0.165. The molecule has 0 radical (unpaired) electrons. The Morgan fingerprint density at radius 1 is 1.00 bits per heavy atom. The van der Waals surface area contributed by atoms with E-state index in [-0.39, 0.29) is 12.5 Å². The summed E-state index contributed by atoms with van der Waals surface area (Å²) in [6.45, 7) is 10.4. The Morgan fingerprint density at radius 3 is 2.27 bits per heavy atom. The third-order valence-corrected chi connectivity index (χ3v) is 6.74. The second kappa shape index (κ2) is 13.1. The molecule has 0 spiro atoms. The molecule has 0 aliphatic rings. The van der Waals surface area contributed by atoms with Gasteiger partial charge in [0.2, 0.25) is 5.91 Å². The third kappa shape index (κ3) is 7.60. The van der Waals surface area contributed by atoms with Crippen molar-refractivity contribution in [2.45, 2.75) is 65.6 Å². The predicted molar refractivity (Wildman–Crippen MR) is 156 cm³/mol. The van der Waals surface area contributed by atoms with Gasteiger partial charge in [0, 0.05) is 5.69 Å². The van der Waals surface area contributed by atoms with Crippen molar-refractivity contribution in [3.8, 4) is 6.07 Å². The Morgan fingerprint density at radius 2 is 1.65 bits per heavy atom. The van der Waals surface area contributed by atoms with Crippen LogP contribution in [-0.2, 0) is 14.3 Å². The molecular formula is C32H38N4O4. The molecule has 0 saturated heterocycles. The summed E-state index contributed by atoms with van der Waals surface area (Å²) in [6, 6.07) is 20.6. The lowest BCUT2D eigenvalue weighted by atomic mass is 9.94. The largest absolute Gasteiger partial charge is 0.444 e. The average molecular weight is 543 g/mol. The number of hydrogen-bond acceptors (Lipinski definition) is 5. The highest BCUT2D eigenvalue weighted by molar-refractivity contribution is 6.00. The van der Waals surface area contributed by atoms with Gasteiger partial charge in [0.15, 0.2) is 0 Å². The van der Waals surface area contributed by atoms with E-state index in [9.17, 15) is 19.6 Å². The van der Waals surface area contributed by atoms with Crippen LogP contribution in [-0.4, -0.2) is 41.0 Å². The van der Waals surface area contributed by atoms with Crippen LogP contribution in [0.3, 0.4) is 0 Å². The maximum absolute atomic E-state index is 14.1. The summed E-state index contributed by atoms with van der Waals surface area (Å²) in [4.78, 5) is 42.0. The van der Waals surface area contributed by atoms with Crippen molar-refractivity contribution in [2.75, 3.05) is 11.9 Å². The highest BCUT2D eigenvalue weighted by Gasteiger charge is 2.38. The second-order valence-corrected chi connectivity index (χ2v) is 10.9. The molecule has 3 rings (SSSR count). The van der Waals surface area contributed by atoms with Crippen molar-refractivity contribution >= 4 is 34.4 Å². The SMILES string of the molecule is CCC(C)C(NC(=O)OC(C)(C)C)C(=O)N(CC#N)C(C(=O)Nc1ccc2ccccc2c1)c1ccccc1C. The van der Waals surface area contributed by atoms with Gasteiger partial charge in [0.1, 0.15) is 24.2 Å². The standard InChI is InChI=1S/C32H38N4O4/c1-7-21(2)27(35-31(39)40-32(4,5)6)30(38)36(19-18-33)28(26-15-11-8-12-22(26)3)29(37)34-25-17-16-23-13-9-10-14-24(23)20-25/h8-17,20-21,27-28H,7,19H2,1-6H3,(H,34,37)(H,35,39). The zero-order chi connectivity index (χ0) is 29.4. The lowest BCUT2D eigenvalue weighted by Crippen LogP contribution is -2.54. The van der Waals surface area contributed by atoms with E-state index in [0.29, 0.717) is 17.7 Å². The van der Waals surface area contributed by atoms with Gasteiger partial charge < -0.3 is 20.3 Å². The van der Waals surface area contributed by atoms with Crippen LogP contribution in [0.4, 0.5) is 10.5 Å². The molecule has 0 aromatic heterocycles. The molecule has 8 nitrogen and oxygen atoms in total. The smallest absolute Gasteiger partial charge is 0.408 e. The number of rotatable bonds is 9. The summed E-state index contributed by atoms with van der Waals surface area (Å²) >= 11 is 0. The van der Waals surface area contributed by atoms with Crippen LogP contribution in [0.15, 0.2) is 66.7 Å². The average Bonchev–Trinajstić information content (AvgIpc) is 2.90. The van der Waals surface area contributed by atoms with Crippen LogP contribution < -0.4 is 10.6 Å². The minimum atomic E-state index is -1.12. The molecule has 0 aliphatic carbocycles. The van der Waals surface area contributed by atoms with Crippen LogP contribution in [0, 0.1) is 24.2 Å². The molecule has 0 aliphatic heterocycles. The number of carbonyl (C=O) groups is 3. The molecular weight excluding hydrogens is 504 g/mol. The van der Waals surface area contributed by atoms with Crippen molar-refractivity contribution in [1.82, 2.24) is 10.2 Å². The summed E-state index contributed by atoms with van der Waals surface area (Å²) in [5, 5.41) is 17.4. The first-order valence-corrected chi connectivity index (χ1v) is 13.5. The summed E-state index contributed by atoms with van der Waals surface area (Å²) in [5.41, 5.74) is 1.18. The maximum Gasteiger partial charge on any atom is 0.408 e. The number of anilines is 1. The van der Waals surface area contributed by atoms with Crippen molar-refractivity contribution in [3.63, 3.8) is 0 Å². The summed E-state index contributed by atoms with van der Waals surface area (Å²) in [7, 11) is 0. The van der Waals surface area contributed by atoms with Crippen LogP contribution in [0.1, 0.15) is 58.2 Å². The van der Waals surface area contributed by atoms with E-state index in [1.165, 1.54) is 4.90 Å². The number of nitrogens with zero attached hydrogens (tertiary/aromatic N) is 2. The predicted octanol–water partition coefficient (Wildman–Crippen LogP) is 6.12. The molecule has 2 N–H and O–H groups in total. The first-order chi connectivity index (χ1) is 18.9. The van der Waals surface area contributed by atoms with Gasteiger partial charge in [0.05, 0.1) is 6.07 Å². The van der Waals surface area contributed by atoms with Crippen LogP contribution in [0.25, 0.3) is 10.8 Å². The lowest BCUT2D eigenvalue weighted by molar-refractivity contribution is -0.141. The Hall–Kier alpha value is -4.38. The molecule has 0 bridgehead atoms. The number of nitrogens with one attached hydrogen (secondary N) is 2. The molecule has 3 atom stereocenters. The van der Waals surface area contributed by atoms with Crippen molar-refractivity contribution in [1.29, 1.82) is 5.26 Å². The number of hydrogen-bond donors (Lipinski definition) is 2. The van der Waals surface area contributed by atoms with E-state index in [4.69, 9.17) is 4.74 Å². The van der Waals surface area contributed by atoms with Crippen LogP contribution >= 0.6 is 0 Å². The zero-order valence-electron chi connectivity index (χ0n) is 24.0. The number of carbonyl (C=O) groups excluding carboxylic acids is 3. The molecule has 0 saturated carbocycles. The number of ether oxygens (including phenoxy) is 1. The molecule has 3 amide bonds. The molecule has 3 unspecified atom stereocenters. The second-order valence-electron chi connectivity index (χ2n) is 10.9. The van der Waals surface area contributed by atoms with Gasteiger partial charge in [-0.15, -0.1) is 0 Å². The zero-order valence-corrected chi connectivity index (χ0v) is 24.0. The van der Waals surface area contributed by atoms with Crippen molar-refractivity contribution in [3.05, 3.63) is 77.9 Å². The minimum absolute atomic E-state index is 0.290. The number of alkyl carbamates (subject to hydrolysis) is 1. The van der Waals surface area contributed by atoms with E-state index in [2.05, 4.69) is 10.6 Å². The van der Waals surface area contributed by atoms with Gasteiger partial charge in [-0.3, -0.25) is 9.59 Å². The number of fused-ring (bicyclic) bond motifs is 1. The Balaban J connectivity index is 2.03. The molecule has 8 heteroatoms. The van der Waals surface area contributed by atoms with Gasteiger partial charge in [-0.25, -0.2) is 4.79 Å². The molecule has 210 valence electrons. The fourth-order valence-corrected chi connectivity index (χ4v) is 4.49. The van der Waals surface area contributed by atoms with E-state index >= 15 is 0 Å². The number of nitriles is 1. The first-order valence-electron chi connectivity index (χ1n) is 13.5. The topological polar surface area (TPSA) is 112 Å². The molecule has 0 fully saturated rings. The Bertz CT molecular complexity index is 1410. The van der Waals surface area contributed by atoms with Gasteiger partial charge in [0.25, 0.3) is 5.91 Å². The molecule has 3 aromatic carbocycles. The summed E-state index contributed by atoms with van der Waals surface area (Å²) < 4.78 is 5.41. The maximum atomic E-state index is 14.1. The van der Waals surface area contributed by atoms with E-state index < -0.39 is 35.6 Å². The number of aryl methyl sites for hydroxylation is 1. The van der Waals surface area contributed by atoms with Gasteiger partial charge in [-0.05, 0) is 67.6 Å². The highest BCUT2D eigenvalue weighted by atomic mass is 16.6. The Labute approximate surface area is 236 Å².